The zero-order valence-corrected chi connectivity index (χ0v) is 6.06. The van der Waals surface area contributed by atoms with E-state index in [0.29, 0.717) is 6.42 Å². The lowest BCUT2D eigenvalue weighted by molar-refractivity contribution is -0.122. The van der Waals surface area contributed by atoms with Crippen LogP contribution in [-0.2, 0) is 4.79 Å². The number of carbonyl (C=O) groups is 1. The SMILES string of the molecule is CCC1CC(CF)NC1=O. The van der Waals surface area contributed by atoms with Crippen molar-refractivity contribution in [3.63, 3.8) is 0 Å². The lowest BCUT2D eigenvalue weighted by Gasteiger charge is -2.00. The molecule has 58 valence electrons. The van der Waals surface area contributed by atoms with Crippen LogP contribution in [0.4, 0.5) is 4.39 Å². The average molecular weight is 145 g/mol. The average Bonchev–Trinajstić information content (AvgIpc) is 2.30. The molecular formula is C7H12FNO. The number of nitrogens with one attached hydrogen (secondary N) is 1. The molecule has 0 aromatic carbocycles. The number of amides is 1. The fraction of sp³-hybridized carbons (Fsp3) is 0.857. The number of rotatable bonds is 2. The van der Waals surface area contributed by atoms with Gasteiger partial charge in [0, 0.05) is 5.92 Å². The zero-order valence-electron chi connectivity index (χ0n) is 6.06. The zero-order chi connectivity index (χ0) is 7.56. The maximum atomic E-state index is 12.0. The van der Waals surface area contributed by atoms with E-state index in [1.165, 1.54) is 0 Å². The van der Waals surface area contributed by atoms with Crippen LogP contribution in [0, 0.1) is 5.92 Å². The molecule has 2 unspecified atom stereocenters. The predicted molar refractivity (Wildman–Crippen MR) is 36.3 cm³/mol. The molecule has 1 aliphatic heterocycles. The number of hydrogen-bond donors (Lipinski definition) is 1. The second kappa shape index (κ2) is 2.99. The Morgan fingerprint density at radius 1 is 1.80 bits per heavy atom. The normalized spacial score (nSPS) is 32.4. The summed E-state index contributed by atoms with van der Waals surface area (Å²) in [7, 11) is 0. The maximum Gasteiger partial charge on any atom is 0.223 e. The van der Waals surface area contributed by atoms with Crippen LogP contribution in [0.3, 0.4) is 0 Å². The quantitative estimate of drug-likeness (QED) is 0.613. The largest absolute Gasteiger partial charge is 0.350 e. The van der Waals surface area contributed by atoms with Gasteiger partial charge in [0.15, 0.2) is 0 Å². The van der Waals surface area contributed by atoms with Crippen LogP contribution in [0.2, 0.25) is 0 Å². The van der Waals surface area contributed by atoms with E-state index in [2.05, 4.69) is 5.32 Å². The number of alkyl halides is 1. The minimum atomic E-state index is -0.428. The van der Waals surface area contributed by atoms with Crippen molar-refractivity contribution < 1.29 is 9.18 Å². The van der Waals surface area contributed by atoms with E-state index in [4.69, 9.17) is 0 Å². The maximum absolute atomic E-state index is 12.0. The van der Waals surface area contributed by atoms with Gasteiger partial charge in [-0.1, -0.05) is 6.92 Å². The molecule has 0 aromatic rings. The molecule has 0 radical (unpaired) electrons. The molecule has 1 fully saturated rings. The molecule has 1 saturated heterocycles. The number of halogens is 1. The molecule has 1 rings (SSSR count). The highest BCUT2D eigenvalue weighted by atomic mass is 19.1. The fourth-order valence-electron chi connectivity index (χ4n) is 1.28. The summed E-state index contributed by atoms with van der Waals surface area (Å²) < 4.78 is 12.0. The van der Waals surface area contributed by atoms with Crippen molar-refractivity contribution in [2.45, 2.75) is 25.8 Å². The monoisotopic (exact) mass is 145 g/mol. The third-order valence-electron chi connectivity index (χ3n) is 1.97. The number of hydrogen-bond acceptors (Lipinski definition) is 1. The Labute approximate surface area is 59.8 Å². The summed E-state index contributed by atoms with van der Waals surface area (Å²) >= 11 is 0. The highest BCUT2D eigenvalue weighted by Crippen LogP contribution is 2.18. The molecule has 0 aliphatic carbocycles. The third kappa shape index (κ3) is 1.28. The summed E-state index contributed by atoms with van der Waals surface area (Å²) in [5.74, 6) is 0.0749. The van der Waals surface area contributed by atoms with Crippen molar-refractivity contribution in [3.05, 3.63) is 0 Å². The van der Waals surface area contributed by atoms with Crippen LogP contribution >= 0.6 is 0 Å². The van der Waals surface area contributed by atoms with Gasteiger partial charge < -0.3 is 5.32 Å². The summed E-state index contributed by atoms with van der Waals surface area (Å²) in [5, 5.41) is 2.59. The molecule has 0 bridgehead atoms. The number of carbonyl (C=O) groups excluding carboxylic acids is 1. The van der Waals surface area contributed by atoms with Gasteiger partial charge in [0.2, 0.25) is 5.91 Å². The lowest BCUT2D eigenvalue weighted by Crippen LogP contribution is -2.27. The molecule has 2 nitrogen and oxygen atoms in total. The highest BCUT2D eigenvalue weighted by Gasteiger charge is 2.29. The van der Waals surface area contributed by atoms with Crippen LogP contribution < -0.4 is 5.32 Å². The van der Waals surface area contributed by atoms with Crippen molar-refractivity contribution in [2.24, 2.45) is 5.92 Å². The molecular weight excluding hydrogens is 133 g/mol. The van der Waals surface area contributed by atoms with Gasteiger partial charge in [-0.25, -0.2) is 4.39 Å². The van der Waals surface area contributed by atoms with Gasteiger partial charge in [0.1, 0.15) is 6.67 Å². The Kier molecular flexibility index (Phi) is 2.25. The van der Waals surface area contributed by atoms with Gasteiger partial charge in [-0.3, -0.25) is 4.79 Å². The Morgan fingerprint density at radius 2 is 2.50 bits per heavy atom. The third-order valence-corrected chi connectivity index (χ3v) is 1.97. The Morgan fingerprint density at radius 3 is 2.80 bits per heavy atom. The molecule has 1 N–H and O–H groups in total. The minimum Gasteiger partial charge on any atom is -0.350 e. The molecule has 0 saturated carbocycles. The summed E-state index contributed by atoms with van der Waals surface area (Å²) in [6.45, 7) is 1.52. The van der Waals surface area contributed by atoms with Crippen molar-refractivity contribution in [3.8, 4) is 0 Å². The Hall–Kier alpha value is -0.600. The standard InChI is InChI=1S/C7H12FNO/c1-2-5-3-6(4-8)9-7(5)10/h5-6H,2-4H2,1H3,(H,9,10). The first-order valence-electron chi connectivity index (χ1n) is 3.64. The van der Waals surface area contributed by atoms with Crippen LogP contribution in [0.5, 0.6) is 0 Å². The molecule has 0 spiro atoms. The first kappa shape index (κ1) is 7.51. The second-order valence-electron chi connectivity index (χ2n) is 2.70. The smallest absolute Gasteiger partial charge is 0.223 e. The molecule has 1 aliphatic rings. The summed E-state index contributed by atoms with van der Waals surface area (Å²) in [6, 6.07) is -0.211. The summed E-state index contributed by atoms with van der Waals surface area (Å²) in [6.07, 6.45) is 1.49. The fourth-order valence-corrected chi connectivity index (χ4v) is 1.28. The molecule has 1 heterocycles. The van der Waals surface area contributed by atoms with Crippen LogP contribution in [-0.4, -0.2) is 18.6 Å². The van der Waals surface area contributed by atoms with E-state index in [0.717, 1.165) is 6.42 Å². The van der Waals surface area contributed by atoms with Crippen LogP contribution in [0.25, 0.3) is 0 Å². The summed E-state index contributed by atoms with van der Waals surface area (Å²) in [5.41, 5.74) is 0. The minimum absolute atomic E-state index is 0.0187. The van der Waals surface area contributed by atoms with Crippen molar-refractivity contribution >= 4 is 5.91 Å². The van der Waals surface area contributed by atoms with Gasteiger partial charge in [-0.05, 0) is 12.8 Å². The summed E-state index contributed by atoms with van der Waals surface area (Å²) in [4.78, 5) is 10.9. The van der Waals surface area contributed by atoms with Gasteiger partial charge in [0.05, 0.1) is 6.04 Å². The topological polar surface area (TPSA) is 29.1 Å². The van der Waals surface area contributed by atoms with Gasteiger partial charge in [0.25, 0.3) is 0 Å². The molecule has 2 atom stereocenters. The van der Waals surface area contributed by atoms with Crippen molar-refractivity contribution in [1.82, 2.24) is 5.32 Å². The Bertz CT molecular complexity index is 138. The van der Waals surface area contributed by atoms with Crippen LogP contribution in [0.15, 0.2) is 0 Å². The molecule has 0 aromatic heterocycles. The van der Waals surface area contributed by atoms with E-state index < -0.39 is 6.67 Å². The van der Waals surface area contributed by atoms with Gasteiger partial charge in [-0.15, -0.1) is 0 Å². The molecule has 1 amide bonds. The van der Waals surface area contributed by atoms with E-state index in [1.54, 1.807) is 0 Å². The highest BCUT2D eigenvalue weighted by molar-refractivity contribution is 5.81. The van der Waals surface area contributed by atoms with E-state index in [9.17, 15) is 9.18 Å². The van der Waals surface area contributed by atoms with Crippen molar-refractivity contribution in [1.29, 1.82) is 0 Å². The van der Waals surface area contributed by atoms with E-state index in [1.807, 2.05) is 6.92 Å². The lowest BCUT2D eigenvalue weighted by atomic mass is 10.0. The predicted octanol–water partition coefficient (Wildman–Crippen LogP) is 0.871. The van der Waals surface area contributed by atoms with E-state index in [-0.39, 0.29) is 17.9 Å². The Balaban J connectivity index is 2.44. The van der Waals surface area contributed by atoms with Gasteiger partial charge >= 0.3 is 0 Å². The first-order valence-corrected chi connectivity index (χ1v) is 3.64. The molecule has 10 heavy (non-hydrogen) atoms. The second-order valence-corrected chi connectivity index (χ2v) is 2.70. The van der Waals surface area contributed by atoms with E-state index >= 15 is 0 Å². The van der Waals surface area contributed by atoms with Crippen molar-refractivity contribution in [2.75, 3.05) is 6.67 Å². The molecule has 3 heteroatoms. The first-order chi connectivity index (χ1) is 4.77. The van der Waals surface area contributed by atoms with Gasteiger partial charge in [-0.2, -0.15) is 0 Å². The van der Waals surface area contributed by atoms with Crippen LogP contribution in [0.1, 0.15) is 19.8 Å².